The summed E-state index contributed by atoms with van der Waals surface area (Å²) in [7, 11) is 1.54. The van der Waals surface area contributed by atoms with E-state index < -0.39 is 11.7 Å². The summed E-state index contributed by atoms with van der Waals surface area (Å²) in [5.74, 6) is -0.440. The molecule has 9 heteroatoms. The molecule has 0 aliphatic heterocycles. The number of aromatic nitrogens is 1. The van der Waals surface area contributed by atoms with E-state index in [1.165, 1.54) is 36.3 Å². The van der Waals surface area contributed by atoms with Crippen molar-refractivity contribution in [3.05, 3.63) is 101 Å². The van der Waals surface area contributed by atoms with E-state index >= 15 is 0 Å². The Balaban J connectivity index is 1.42. The molecule has 0 aliphatic carbocycles. The first-order chi connectivity index (χ1) is 17.6. The Hall–Kier alpha value is -3.98. The number of rotatable bonds is 7. The van der Waals surface area contributed by atoms with Crippen LogP contribution in [0.4, 0.5) is 13.2 Å². The SMILES string of the molecule is CC(=O)NCc1ccc(-c2ccc(-c3nc(C(=O)N(C)Cc4cccc(C(F)(F)F)c4)cs3)cc2)cc1. The molecule has 0 fully saturated rings. The molecule has 4 rings (SSSR count). The maximum atomic E-state index is 13.0. The molecule has 1 heterocycles. The third-order valence-electron chi connectivity index (χ3n) is 5.70. The van der Waals surface area contributed by atoms with E-state index in [0.717, 1.165) is 34.4 Å². The third-order valence-corrected chi connectivity index (χ3v) is 6.60. The van der Waals surface area contributed by atoms with Crippen LogP contribution in [0.5, 0.6) is 0 Å². The fourth-order valence-electron chi connectivity index (χ4n) is 3.74. The van der Waals surface area contributed by atoms with Gasteiger partial charge in [-0.2, -0.15) is 13.2 Å². The van der Waals surface area contributed by atoms with Gasteiger partial charge in [0.2, 0.25) is 5.91 Å². The number of carbonyl (C=O) groups is 2. The van der Waals surface area contributed by atoms with Crippen LogP contribution in [-0.4, -0.2) is 28.7 Å². The highest BCUT2D eigenvalue weighted by molar-refractivity contribution is 7.13. The number of amides is 2. The van der Waals surface area contributed by atoms with Crippen LogP contribution in [0, 0.1) is 0 Å². The fraction of sp³-hybridized carbons (Fsp3) is 0.179. The predicted octanol–water partition coefficient (Wildman–Crippen LogP) is 6.40. The van der Waals surface area contributed by atoms with Gasteiger partial charge in [0.05, 0.1) is 5.56 Å². The van der Waals surface area contributed by atoms with Gasteiger partial charge in [0.15, 0.2) is 0 Å². The van der Waals surface area contributed by atoms with Crippen LogP contribution in [0.15, 0.2) is 78.2 Å². The van der Waals surface area contributed by atoms with Crippen molar-refractivity contribution in [1.29, 1.82) is 0 Å². The van der Waals surface area contributed by atoms with E-state index in [-0.39, 0.29) is 24.1 Å². The molecule has 0 aliphatic rings. The molecular formula is C28H24F3N3O2S. The molecule has 0 spiro atoms. The highest BCUT2D eigenvalue weighted by Gasteiger charge is 2.30. The lowest BCUT2D eigenvalue weighted by Crippen LogP contribution is -2.26. The highest BCUT2D eigenvalue weighted by Crippen LogP contribution is 2.30. The number of thiazole rings is 1. The summed E-state index contributed by atoms with van der Waals surface area (Å²) in [4.78, 5) is 29.7. The molecule has 4 aromatic rings. The lowest BCUT2D eigenvalue weighted by atomic mass is 10.0. The van der Waals surface area contributed by atoms with Gasteiger partial charge in [-0.1, -0.05) is 60.7 Å². The summed E-state index contributed by atoms with van der Waals surface area (Å²) >= 11 is 1.33. The first-order valence-corrected chi connectivity index (χ1v) is 12.3. The summed E-state index contributed by atoms with van der Waals surface area (Å²) in [6, 6.07) is 20.7. The first kappa shape index (κ1) is 26.1. The van der Waals surface area contributed by atoms with E-state index in [1.807, 2.05) is 48.5 Å². The normalized spacial score (nSPS) is 11.3. The van der Waals surface area contributed by atoms with Crippen molar-refractivity contribution in [2.75, 3.05) is 7.05 Å². The van der Waals surface area contributed by atoms with Crippen LogP contribution in [-0.2, 0) is 24.1 Å². The molecule has 5 nitrogen and oxygen atoms in total. The van der Waals surface area contributed by atoms with Crippen molar-refractivity contribution in [3.63, 3.8) is 0 Å². The number of hydrogen-bond donors (Lipinski definition) is 1. The summed E-state index contributed by atoms with van der Waals surface area (Å²) < 4.78 is 38.9. The summed E-state index contributed by atoms with van der Waals surface area (Å²) in [6.45, 7) is 2.00. The number of nitrogens with zero attached hydrogens (tertiary/aromatic N) is 2. The van der Waals surface area contributed by atoms with E-state index in [2.05, 4.69) is 10.3 Å². The van der Waals surface area contributed by atoms with Crippen LogP contribution in [0.1, 0.15) is 34.1 Å². The van der Waals surface area contributed by atoms with Gasteiger partial charge in [-0.15, -0.1) is 11.3 Å². The number of benzene rings is 3. The average molecular weight is 524 g/mol. The molecule has 0 bridgehead atoms. The second-order valence-corrected chi connectivity index (χ2v) is 9.44. The number of nitrogens with one attached hydrogen (secondary N) is 1. The molecule has 3 aromatic carbocycles. The summed E-state index contributed by atoms with van der Waals surface area (Å²) in [6.07, 6.45) is -4.44. The maximum absolute atomic E-state index is 13.0. The highest BCUT2D eigenvalue weighted by atomic mass is 32.1. The first-order valence-electron chi connectivity index (χ1n) is 11.4. The molecule has 2 amide bonds. The Morgan fingerprint density at radius 2 is 1.54 bits per heavy atom. The van der Waals surface area contributed by atoms with E-state index in [9.17, 15) is 22.8 Å². The van der Waals surface area contributed by atoms with Gasteiger partial charge in [0.25, 0.3) is 5.91 Å². The molecule has 0 atom stereocenters. The Morgan fingerprint density at radius 3 is 2.16 bits per heavy atom. The van der Waals surface area contributed by atoms with Gasteiger partial charge >= 0.3 is 6.18 Å². The number of carbonyl (C=O) groups excluding carboxylic acids is 2. The van der Waals surface area contributed by atoms with Crippen LogP contribution in [0.2, 0.25) is 0 Å². The molecule has 0 saturated carbocycles. The van der Waals surface area contributed by atoms with Crippen molar-refractivity contribution in [2.24, 2.45) is 0 Å². The quantitative estimate of drug-likeness (QED) is 0.305. The monoisotopic (exact) mass is 523 g/mol. The minimum atomic E-state index is -4.44. The van der Waals surface area contributed by atoms with Gasteiger partial charge in [-0.3, -0.25) is 9.59 Å². The average Bonchev–Trinajstić information content (AvgIpc) is 3.37. The Morgan fingerprint density at radius 1 is 0.919 bits per heavy atom. The zero-order chi connectivity index (χ0) is 26.6. The molecule has 0 saturated heterocycles. The molecule has 37 heavy (non-hydrogen) atoms. The maximum Gasteiger partial charge on any atom is 0.416 e. The van der Waals surface area contributed by atoms with E-state index in [0.29, 0.717) is 17.1 Å². The summed E-state index contributed by atoms with van der Waals surface area (Å²) in [5, 5.41) is 5.10. The molecule has 190 valence electrons. The van der Waals surface area contributed by atoms with E-state index in [1.54, 1.807) is 11.4 Å². The van der Waals surface area contributed by atoms with Gasteiger partial charge < -0.3 is 10.2 Å². The number of halogens is 3. The largest absolute Gasteiger partial charge is 0.416 e. The van der Waals surface area contributed by atoms with Crippen molar-refractivity contribution < 1.29 is 22.8 Å². The molecule has 0 radical (unpaired) electrons. The predicted molar refractivity (Wildman–Crippen MR) is 138 cm³/mol. The van der Waals surface area contributed by atoms with Crippen molar-refractivity contribution in [2.45, 2.75) is 26.2 Å². The lowest BCUT2D eigenvalue weighted by Gasteiger charge is -2.17. The molecule has 1 aromatic heterocycles. The van der Waals surface area contributed by atoms with Crippen molar-refractivity contribution in [1.82, 2.24) is 15.2 Å². The van der Waals surface area contributed by atoms with Gasteiger partial charge in [-0.25, -0.2) is 4.98 Å². The zero-order valence-corrected chi connectivity index (χ0v) is 21.0. The second kappa shape index (κ2) is 11.0. The van der Waals surface area contributed by atoms with Crippen LogP contribution in [0.25, 0.3) is 21.7 Å². The second-order valence-electron chi connectivity index (χ2n) is 8.58. The lowest BCUT2D eigenvalue weighted by molar-refractivity contribution is -0.137. The fourth-order valence-corrected chi connectivity index (χ4v) is 4.54. The zero-order valence-electron chi connectivity index (χ0n) is 20.2. The molecular weight excluding hydrogens is 499 g/mol. The summed E-state index contributed by atoms with van der Waals surface area (Å²) in [5.41, 5.74) is 3.80. The van der Waals surface area contributed by atoms with Gasteiger partial charge in [0, 0.05) is 38.0 Å². The van der Waals surface area contributed by atoms with Crippen LogP contribution < -0.4 is 5.32 Å². The van der Waals surface area contributed by atoms with E-state index in [4.69, 9.17) is 0 Å². The minimum absolute atomic E-state index is 0.0356. The van der Waals surface area contributed by atoms with Gasteiger partial charge in [0.1, 0.15) is 10.7 Å². The minimum Gasteiger partial charge on any atom is -0.352 e. The molecule has 0 unspecified atom stereocenters. The third kappa shape index (κ3) is 6.62. The van der Waals surface area contributed by atoms with Crippen LogP contribution >= 0.6 is 11.3 Å². The van der Waals surface area contributed by atoms with Gasteiger partial charge in [-0.05, 0) is 34.4 Å². The number of alkyl halides is 3. The Kier molecular flexibility index (Phi) is 7.73. The topological polar surface area (TPSA) is 62.3 Å². The smallest absolute Gasteiger partial charge is 0.352 e. The van der Waals surface area contributed by atoms with Crippen molar-refractivity contribution >= 4 is 23.2 Å². The Bertz CT molecular complexity index is 1400. The Labute approximate surface area is 216 Å². The van der Waals surface area contributed by atoms with Crippen molar-refractivity contribution in [3.8, 4) is 21.7 Å². The van der Waals surface area contributed by atoms with Crippen LogP contribution in [0.3, 0.4) is 0 Å². The number of hydrogen-bond acceptors (Lipinski definition) is 4. The standard InChI is InChI=1S/C28H24F3N3O2S/c1-18(35)32-15-19-6-8-21(9-7-19)22-10-12-23(13-11-22)26-33-25(17-37-26)27(36)34(2)16-20-4-3-5-24(14-20)28(29,30)31/h3-14,17H,15-16H2,1-2H3,(H,32,35). The molecule has 1 N–H and O–H groups in total.